The van der Waals surface area contributed by atoms with E-state index in [0.717, 1.165) is 17.7 Å². The van der Waals surface area contributed by atoms with Crippen LogP contribution in [0.25, 0.3) is 0 Å². The number of hydrogen-bond donors (Lipinski definition) is 1. The zero-order valence-electron chi connectivity index (χ0n) is 14.3. The van der Waals surface area contributed by atoms with E-state index in [4.69, 9.17) is 5.11 Å². The highest BCUT2D eigenvalue weighted by Gasteiger charge is 2.37. The van der Waals surface area contributed by atoms with E-state index in [9.17, 15) is 22.8 Å². The van der Waals surface area contributed by atoms with E-state index in [0.29, 0.717) is 45.2 Å². The molecule has 2 atom stereocenters. The van der Waals surface area contributed by atoms with Gasteiger partial charge in [0.25, 0.3) is 0 Å². The molecule has 1 N–H and O–H groups in total. The smallest absolute Gasteiger partial charge is 0.416 e. The molecule has 26 heavy (non-hydrogen) atoms. The van der Waals surface area contributed by atoms with Crippen molar-refractivity contribution >= 4 is 11.9 Å². The highest BCUT2D eigenvalue weighted by Crippen LogP contribution is 2.35. The molecule has 2 fully saturated rings. The van der Waals surface area contributed by atoms with Gasteiger partial charge in [-0.1, -0.05) is 12.1 Å². The fraction of sp³-hybridized carbons (Fsp3) is 0.579. The second-order valence-corrected chi connectivity index (χ2v) is 7.26. The van der Waals surface area contributed by atoms with E-state index < -0.39 is 23.6 Å². The Labute approximate surface area is 150 Å². The Morgan fingerprint density at radius 2 is 1.54 bits per heavy atom. The summed E-state index contributed by atoms with van der Waals surface area (Å²) in [6, 6.07) is 5.27. The van der Waals surface area contributed by atoms with Crippen LogP contribution < -0.4 is 0 Å². The summed E-state index contributed by atoms with van der Waals surface area (Å²) in [5.74, 6) is -1.29. The normalized spacial score (nSPS) is 24.7. The molecule has 0 unspecified atom stereocenters. The van der Waals surface area contributed by atoms with Gasteiger partial charge >= 0.3 is 12.1 Å². The molecule has 0 aromatic heterocycles. The molecule has 1 saturated carbocycles. The van der Waals surface area contributed by atoms with Gasteiger partial charge in [0.05, 0.1) is 11.5 Å². The lowest BCUT2D eigenvalue weighted by molar-refractivity contribution is -0.142. The third-order valence-corrected chi connectivity index (χ3v) is 5.65. The zero-order valence-corrected chi connectivity index (χ0v) is 14.3. The molecule has 4 nitrogen and oxygen atoms in total. The number of alkyl halides is 3. The Balaban J connectivity index is 1.54. The molecule has 1 heterocycles. The van der Waals surface area contributed by atoms with E-state index in [1.165, 1.54) is 12.1 Å². The molecule has 1 saturated heterocycles. The molecular weight excluding hydrogens is 347 g/mol. The minimum absolute atomic E-state index is 0.0274. The largest absolute Gasteiger partial charge is 0.481 e. The lowest BCUT2D eigenvalue weighted by Crippen LogP contribution is -2.41. The first kappa shape index (κ1) is 18.7. The fourth-order valence-corrected chi connectivity index (χ4v) is 4.07. The van der Waals surface area contributed by atoms with Crippen molar-refractivity contribution in [3.63, 3.8) is 0 Å². The van der Waals surface area contributed by atoms with Crippen LogP contribution in [0.5, 0.6) is 0 Å². The molecule has 142 valence electrons. The summed E-state index contributed by atoms with van der Waals surface area (Å²) in [6.07, 6.45) is -1.32. The van der Waals surface area contributed by atoms with Crippen LogP contribution in [0, 0.1) is 11.8 Å². The minimum atomic E-state index is -4.33. The second-order valence-electron chi connectivity index (χ2n) is 7.26. The van der Waals surface area contributed by atoms with Crippen LogP contribution in [0.15, 0.2) is 24.3 Å². The number of rotatable bonds is 3. The van der Waals surface area contributed by atoms with E-state index in [1.807, 2.05) is 0 Å². The lowest BCUT2D eigenvalue weighted by atomic mass is 9.88. The number of piperidine rings is 1. The summed E-state index contributed by atoms with van der Waals surface area (Å²) in [4.78, 5) is 25.4. The average molecular weight is 369 g/mol. The number of carbonyl (C=O) groups is 2. The molecule has 1 aromatic rings. The van der Waals surface area contributed by atoms with Gasteiger partial charge in [-0.3, -0.25) is 9.59 Å². The monoisotopic (exact) mass is 369 g/mol. The van der Waals surface area contributed by atoms with E-state index >= 15 is 0 Å². The summed E-state index contributed by atoms with van der Waals surface area (Å²) >= 11 is 0. The number of halogens is 3. The van der Waals surface area contributed by atoms with Gasteiger partial charge in [0.15, 0.2) is 0 Å². The SMILES string of the molecule is O=C(O)[C@@H]1CC[C@H](C(=O)N2CCC(c3ccc(C(F)(F)F)cc3)CC2)C1. The summed E-state index contributed by atoms with van der Waals surface area (Å²) in [7, 11) is 0. The molecule has 1 aliphatic heterocycles. The predicted molar refractivity (Wildman–Crippen MR) is 88.5 cm³/mol. The number of carboxylic acids is 1. The first-order chi connectivity index (χ1) is 12.3. The van der Waals surface area contributed by atoms with Gasteiger partial charge in [-0.25, -0.2) is 0 Å². The van der Waals surface area contributed by atoms with Gasteiger partial charge < -0.3 is 10.0 Å². The number of aliphatic carboxylic acids is 1. The lowest BCUT2D eigenvalue weighted by Gasteiger charge is -2.34. The quantitative estimate of drug-likeness (QED) is 0.879. The molecule has 7 heteroatoms. The molecular formula is C19H22F3NO3. The number of carboxylic acid groups (broad SMARTS) is 1. The topological polar surface area (TPSA) is 57.6 Å². The maximum absolute atomic E-state index is 12.6. The Morgan fingerprint density at radius 3 is 2.04 bits per heavy atom. The molecule has 0 spiro atoms. The van der Waals surface area contributed by atoms with Crippen molar-refractivity contribution in [2.75, 3.05) is 13.1 Å². The maximum atomic E-state index is 12.6. The number of likely N-dealkylation sites (tertiary alicyclic amines) is 1. The summed E-state index contributed by atoms with van der Waals surface area (Å²) in [5, 5.41) is 9.06. The van der Waals surface area contributed by atoms with Crippen LogP contribution in [0.2, 0.25) is 0 Å². The highest BCUT2D eigenvalue weighted by molar-refractivity contribution is 5.81. The molecule has 1 amide bonds. The zero-order chi connectivity index (χ0) is 18.9. The minimum Gasteiger partial charge on any atom is -0.481 e. The van der Waals surface area contributed by atoms with Crippen molar-refractivity contribution in [1.82, 2.24) is 4.90 Å². The van der Waals surface area contributed by atoms with Crippen LogP contribution in [-0.4, -0.2) is 35.0 Å². The first-order valence-electron chi connectivity index (χ1n) is 8.94. The first-order valence-corrected chi connectivity index (χ1v) is 8.94. The fourth-order valence-electron chi connectivity index (χ4n) is 4.07. The van der Waals surface area contributed by atoms with Gasteiger partial charge in [-0.05, 0) is 55.7 Å². The van der Waals surface area contributed by atoms with Gasteiger partial charge in [-0.15, -0.1) is 0 Å². The van der Waals surface area contributed by atoms with Crippen LogP contribution in [-0.2, 0) is 15.8 Å². The summed E-state index contributed by atoms with van der Waals surface area (Å²) < 4.78 is 37.9. The van der Waals surface area contributed by atoms with Gasteiger partial charge in [0, 0.05) is 19.0 Å². The highest BCUT2D eigenvalue weighted by atomic mass is 19.4. The second kappa shape index (κ2) is 7.29. The van der Waals surface area contributed by atoms with Crippen molar-refractivity contribution in [2.24, 2.45) is 11.8 Å². The molecule has 3 rings (SSSR count). The van der Waals surface area contributed by atoms with Crippen LogP contribution in [0.1, 0.15) is 49.1 Å². The third-order valence-electron chi connectivity index (χ3n) is 5.65. The Kier molecular flexibility index (Phi) is 5.25. The standard InChI is InChI=1S/C19H22F3NO3/c20-19(21,22)16-5-3-12(4-6-16)13-7-9-23(10-8-13)17(24)14-1-2-15(11-14)18(25)26/h3-6,13-15H,1-2,7-11H2,(H,25,26)/t14-,15+/m0/s1. The van der Waals surface area contributed by atoms with Crippen molar-refractivity contribution in [2.45, 2.75) is 44.2 Å². The number of amides is 1. The number of carbonyl (C=O) groups excluding carboxylic acids is 1. The van der Waals surface area contributed by atoms with Gasteiger partial charge in [0.1, 0.15) is 0 Å². The number of hydrogen-bond acceptors (Lipinski definition) is 2. The molecule has 0 bridgehead atoms. The summed E-state index contributed by atoms with van der Waals surface area (Å²) in [6.45, 7) is 1.14. The predicted octanol–water partition coefficient (Wildman–Crippen LogP) is 3.91. The van der Waals surface area contributed by atoms with Crippen LogP contribution in [0.4, 0.5) is 13.2 Å². The van der Waals surface area contributed by atoms with Crippen molar-refractivity contribution < 1.29 is 27.9 Å². The Bertz CT molecular complexity index is 664. The number of benzene rings is 1. The van der Waals surface area contributed by atoms with Crippen molar-refractivity contribution in [1.29, 1.82) is 0 Å². The third kappa shape index (κ3) is 4.02. The van der Waals surface area contributed by atoms with E-state index in [1.54, 1.807) is 4.90 Å². The molecule has 1 aliphatic carbocycles. The van der Waals surface area contributed by atoms with Crippen LogP contribution >= 0.6 is 0 Å². The van der Waals surface area contributed by atoms with Gasteiger partial charge in [-0.2, -0.15) is 13.2 Å². The molecule has 2 aliphatic rings. The van der Waals surface area contributed by atoms with Crippen LogP contribution in [0.3, 0.4) is 0 Å². The van der Waals surface area contributed by atoms with Crippen molar-refractivity contribution in [3.05, 3.63) is 35.4 Å². The Hall–Kier alpha value is -2.05. The Morgan fingerprint density at radius 1 is 0.962 bits per heavy atom. The molecule has 0 radical (unpaired) electrons. The summed E-state index contributed by atoms with van der Waals surface area (Å²) in [5.41, 5.74) is 0.222. The van der Waals surface area contributed by atoms with E-state index in [-0.39, 0.29) is 17.7 Å². The average Bonchev–Trinajstić information content (AvgIpc) is 3.11. The van der Waals surface area contributed by atoms with Gasteiger partial charge in [0.2, 0.25) is 5.91 Å². The van der Waals surface area contributed by atoms with E-state index in [2.05, 4.69) is 0 Å². The molecule has 1 aromatic carbocycles. The maximum Gasteiger partial charge on any atom is 0.416 e. The number of nitrogens with zero attached hydrogens (tertiary/aromatic N) is 1. The van der Waals surface area contributed by atoms with Crippen molar-refractivity contribution in [3.8, 4) is 0 Å².